The first-order valence-electron chi connectivity index (χ1n) is 6.59. The second-order valence-electron chi connectivity index (χ2n) is 5.44. The largest absolute Gasteiger partial charge is 0.378 e. The van der Waals surface area contributed by atoms with E-state index in [0.29, 0.717) is 37.7 Å². The molecule has 7 nitrogen and oxygen atoms in total. The van der Waals surface area contributed by atoms with Crippen molar-refractivity contribution in [1.82, 2.24) is 4.98 Å². The van der Waals surface area contributed by atoms with Crippen molar-refractivity contribution in [3.63, 3.8) is 0 Å². The molecule has 1 amide bonds. The summed E-state index contributed by atoms with van der Waals surface area (Å²) < 4.78 is 5.37. The summed E-state index contributed by atoms with van der Waals surface area (Å²) in [6.45, 7) is 6.60. The predicted molar refractivity (Wildman–Crippen MR) is 73.3 cm³/mol. The topological polar surface area (TPSA) is 93.2 Å². The maximum Gasteiger partial charge on any atom is 0.252 e. The summed E-state index contributed by atoms with van der Waals surface area (Å²) in [6, 6.07) is 0. The van der Waals surface area contributed by atoms with Gasteiger partial charge in [-0.25, -0.2) is 4.98 Å². The van der Waals surface area contributed by atoms with Crippen LogP contribution < -0.4 is 10.6 Å². The molecule has 2 aliphatic heterocycles. The fourth-order valence-corrected chi connectivity index (χ4v) is 2.65. The molecule has 0 atom stereocenters. The SMILES string of the molecule is CC1(C)N=Nc2ncc(C(N)=O)c(N3CCOCC3)c21. The van der Waals surface area contributed by atoms with Gasteiger partial charge in [0.2, 0.25) is 0 Å². The van der Waals surface area contributed by atoms with Gasteiger partial charge in [0, 0.05) is 19.3 Å². The average molecular weight is 275 g/mol. The van der Waals surface area contributed by atoms with Crippen LogP contribution in [0.2, 0.25) is 0 Å². The first kappa shape index (κ1) is 13.0. The molecule has 7 heteroatoms. The molecule has 0 bridgehead atoms. The molecule has 1 aromatic rings. The highest BCUT2D eigenvalue weighted by molar-refractivity contribution is 6.00. The molecule has 0 saturated carbocycles. The molecule has 0 spiro atoms. The lowest BCUT2D eigenvalue weighted by Gasteiger charge is -2.33. The van der Waals surface area contributed by atoms with Crippen molar-refractivity contribution in [3.8, 4) is 0 Å². The van der Waals surface area contributed by atoms with Crippen LogP contribution in [0, 0.1) is 0 Å². The molecule has 20 heavy (non-hydrogen) atoms. The fraction of sp³-hybridized carbons (Fsp3) is 0.538. The van der Waals surface area contributed by atoms with Crippen LogP contribution >= 0.6 is 0 Å². The fourth-order valence-electron chi connectivity index (χ4n) is 2.65. The molecule has 0 aromatic carbocycles. The van der Waals surface area contributed by atoms with E-state index in [4.69, 9.17) is 10.5 Å². The Morgan fingerprint density at radius 1 is 1.40 bits per heavy atom. The summed E-state index contributed by atoms with van der Waals surface area (Å²) in [6.07, 6.45) is 1.49. The lowest BCUT2D eigenvalue weighted by Crippen LogP contribution is -2.39. The Morgan fingerprint density at radius 2 is 2.10 bits per heavy atom. The minimum absolute atomic E-state index is 0.422. The summed E-state index contributed by atoms with van der Waals surface area (Å²) in [5.41, 5.74) is 7.11. The minimum Gasteiger partial charge on any atom is -0.378 e. The van der Waals surface area contributed by atoms with Gasteiger partial charge in [0.15, 0.2) is 5.82 Å². The van der Waals surface area contributed by atoms with E-state index in [1.807, 2.05) is 13.8 Å². The van der Waals surface area contributed by atoms with Crippen LogP contribution in [0.3, 0.4) is 0 Å². The van der Waals surface area contributed by atoms with Gasteiger partial charge in [0.1, 0.15) is 5.54 Å². The van der Waals surface area contributed by atoms with E-state index >= 15 is 0 Å². The van der Waals surface area contributed by atoms with Crippen molar-refractivity contribution >= 4 is 17.4 Å². The predicted octanol–water partition coefficient (Wildman–Crippen LogP) is 1.35. The molecule has 3 rings (SSSR count). The van der Waals surface area contributed by atoms with Gasteiger partial charge in [-0.3, -0.25) is 4.79 Å². The number of carbonyl (C=O) groups excluding carboxylic acids is 1. The number of rotatable bonds is 2. The standard InChI is InChI=1S/C13H17N5O2/c1-13(2)9-10(18-3-5-20-6-4-18)8(11(14)19)7-15-12(9)16-17-13/h7H,3-6H2,1-2H3,(H2,14,19). The summed E-state index contributed by atoms with van der Waals surface area (Å²) in [5.74, 6) is 0.0889. The molecule has 3 heterocycles. The van der Waals surface area contributed by atoms with Crippen LogP contribution in [0.5, 0.6) is 0 Å². The third-order valence-electron chi connectivity index (χ3n) is 3.63. The highest BCUT2D eigenvalue weighted by Gasteiger charge is 2.36. The Balaban J connectivity index is 2.19. The van der Waals surface area contributed by atoms with Crippen molar-refractivity contribution in [2.24, 2.45) is 16.0 Å². The Bertz CT molecular complexity index is 591. The number of aromatic nitrogens is 1. The smallest absolute Gasteiger partial charge is 0.252 e. The first-order chi connectivity index (χ1) is 9.50. The maximum absolute atomic E-state index is 11.7. The van der Waals surface area contributed by atoms with Gasteiger partial charge in [-0.1, -0.05) is 0 Å². The maximum atomic E-state index is 11.7. The van der Waals surface area contributed by atoms with Crippen molar-refractivity contribution in [2.45, 2.75) is 19.4 Å². The normalized spacial score (nSPS) is 20.0. The van der Waals surface area contributed by atoms with Crippen molar-refractivity contribution in [1.29, 1.82) is 0 Å². The Hall–Kier alpha value is -2.02. The first-order valence-corrected chi connectivity index (χ1v) is 6.59. The van der Waals surface area contributed by atoms with Gasteiger partial charge >= 0.3 is 0 Å². The van der Waals surface area contributed by atoms with Crippen LogP contribution in [0.1, 0.15) is 29.8 Å². The molecule has 2 N–H and O–H groups in total. The number of primary amides is 1. The molecule has 1 aromatic heterocycles. The molecule has 1 saturated heterocycles. The monoisotopic (exact) mass is 275 g/mol. The van der Waals surface area contributed by atoms with Crippen LogP contribution in [0.15, 0.2) is 16.4 Å². The number of fused-ring (bicyclic) bond motifs is 1. The molecule has 0 radical (unpaired) electrons. The van der Waals surface area contributed by atoms with E-state index < -0.39 is 11.4 Å². The number of nitrogens with zero attached hydrogens (tertiary/aromatic N) is 4. The van der Waals surface area contributed by atoms with Crippen LogP contribution in [0.25, 0.3) is 0 Å². The van der Waals surface area contributed by atoms with Crippen molar-refractivity contribution in [2.75, 3.05) is 31.2 Å². The summed E-state index contributed by atoms with van der Waals surface area (Å²) in [5, 5.41) is 8.36. The quantitative estimate of drug-likeness (QED) is 0.881. The lowest BCUT2D eigenvalue weighted by molar-refractivity contribution is 0.0998. The molecule has 106 valence electrons. The van der Waals surface area contributed by atoms with E-state index in [1.165, 1.54) is 6.20 Å². The van der Waals surface area contributed by atoms with Crippen molar-refractivity contribution in [3.05, 3.63) is 17.3 Å². The highest BCUT2D eigenvalue weighted by Crippen LogP contribution is 2.45. The lowest BCUT2D eigenvalue weighted by atomic mass is 9.92. The number of pyridine rings is 1. The number of azo groups is 1. The van der Waals surface area contributed by atoms with Gasteiger partial charge in [0.05, 0.1) is 30.0 Å². The number of amides is 1. The number of nitrogens with two attached hydrogens (primary N) is 1. The van der Waals surface area contributed by atoms with Gasteiger partial charge in [-0.15, -0.1) is 5.11 Å². The Labute approximate surface area is 116 Å². The summed E-state index contributed by atoms with van der Waals surface area (Å²) >= 11 is 0. The number of ether oxygens (including phenoxy) is 1. The number of hydrogen-bond donors (Lipinski definition) is 1. The number of morpholine rings is 1. The van der Waals surface area contributed by atoms with Gasteiger partial charge in [-0.05, 0) is 13.8 Å². The zero-order valence-corrected chi connectivity index (χ0v) is 11.6. The van der Waals surface area contributed by atoms with E-state index in [1.54, 1.807) is 0 Å². The highest BCUT2D eigenvalue weighted by atomic mass is 16.5. The molecular weight excluding hydrogens is 258 g/mol. The van der Waals surface area contributed by atoms with Gasteiger partial charge in [0.25, 0.3) is 5.91 Å². The number of hydrogen-bond acceptors (Lipinski definition) is 6. The van der Waals surface area contributed by atoms with E-state index in [2.05, 4.69) is 20.1 Å². The third kappa shape index (κ3) is 1.94. The van der Waals surface area contributed by atoms with Gasteiger partial charge in [-0.2, -0.15) is 5.11 Å². The number of carbonyl (C=O) groups is 1. The second kappa shape index (κ2) is 4.52. The summed E-state index contributed by atoms with van der Waals surface area (Å²) in [4.78, 5) is 18.1. The zero-order chi connectivity index (χ0) is 14.3. The number of anilines is 1. The van der Waals surface area contributed by atoms with Crippen molar-refractivity contribution < 1.29 is 9.53 Å². The van der Waals surface area contributed by atoms with Crippen LogP contribution in [-0.2, 0) is 10.3 Å². The van der Waals surface area contributed by atoms with E-state index in [0.717, 1.165) is 11.3 Å². The Morgan fingerprint density at radius 3 is 2.75 bits per heavy atom. The third-order valence-corrected chi connectivity index (χ3v) is 3.63. The average Bonchev–Trinajstić information content (AvgIpc) is 2.75. The van der Waals surface area contributed by atoms with Crippen LogP contribution in [-0.4, -0.2) is 37.2 Å². The molecule has 2 aliphatic rings. The Kier molecular flexibility index (Phi) is 2.93. The second-order valence-corrected chi connectivity index (χ2v) is 5.44. The molecular formula is C13H17N5O2. The van der Waals surface area contributed by atoms with Gasteiger partial charge < -0.3 is 15.4 Å². The molecule has 0 unspecified atom stereocenters. The van der Waals surface area contributed by atoms with E-state index in [-0.39, 0.29) is 0 Å². The van der Waals surface area contributed by atoms with Crippen LogP contribution in [0.4, 0.5) is 11.5 Å². The summed E-state index contributed by atoms with van der Waals surface area (Å²) in [7, 11) is 0. The minimum atomic E-state index is -0.499. The molecule has 1 fully saturated rings. The zero-order valence-electron chi connectivity index (χ0n) is 11.6. The molecule has 0 aliphatic carbocycles. The van der Waals surface area contributed by atoms with E-state index in [9.17, 15) is 4.79 Å².